The first-order valence-electron chi connectivity index (χ1n) is 4.66. The van der Waals surface area contributed by atoms with Crippen molar-refractivity contribution in [2.24, 2.45) is 0 Å². The van der Waals surface area contributed by atoms with E-state index in [1.807, 2.05) is 0 Å². The number of hydrogen-bond donors (Lipinski definition) is 2. The second kappa shape index (κ2) is 3.74. The van der Waals surface area contributed by atoms with E-state index in [0.29, 0.717) is 11.7 Å². The van der Waals surface area contributed by atoms with Crippen LogP contribution in [0.4, 0.5) is 10.1 Å². The van der Waals surface area contributed by atoms with Crippen molar-refractivity contribution in [3.05, 3.63) is 16.3 Å². The zero-order valence-electron chi connectivity index (χ0n) is 7.97. The summed E-state index contributed by atoms with van der Waals surface area (Å²) in [6.07, 6.45) is 3.83. The van der Waals surface area contributed by atoms with Gasteiger partial charge in [0.2, 0.25) is 0 Å². The summed E-state index contributed by atoms with van der Waals surface area (Å²) in [7, 11) is 0. The van der Waals surface area contributed by atoms with Gasteiger partial charge in [0.1, 0.15) is 6.20 Å². The summed E-state index contributed by atoms with van der Waals surface area (Å²) in [5, 5.41) is 23.6. The van der Waals surface area contributed by atoms with Gasteiger partial charge in [-0.3, -0.25) is 10.1 Å². The van der Waals surface area contributed by atoms with E-state index in [1.54, 1.807) is 0 Å². The molecular weight excluding hydrogens is 218 g/mol. The van der Waals surface area contributed by atoms with E-state index < -0.39 is 10.5 Å². The monoisotopic (exact) mass is 229 g/mol. The highest BCUT2D eigenvalue weighted by atomic mass is 32.1. The molecule has 1 aromatic rings. The molecule has 0 aromatic carbocycles. The molecule has 7 heteroatoms. The molecule has 0 bridgehead atoms. The molecule has 0 saturated heterocycles. The smallest absolute Gasteiger partial charge is 0.345 e. The number of aliphatic hydroxyl groups is 1. The summed E-state index contributed by atoms with van der Waals surface area (Å²) >= 11 is 0.984. The lowest BCUT2D eigenvalue weighted by atomic mass is 9.80. The van der Waals surface area contributed by atoms with E-state index in [-0.39, 0.29) is 5.00 Å². The topological polar surface area (TPSA) is 88.3 Å². The maximum absolute atomic E-state index is 10.4. The summed E-state index contributed by atoms with van der Waals surface area (Å²) in [4.78, 5) is 13.8. The van der Waals surface area contributed by atoms with Crippen LogP contribution in [-0.4, -0.2) is 27.2 Å². The molecule has 1 saturated carbocycles. The lowest BCUT2D eigenvalue weighted by Gasteiger charge is -2.36. The first-order chi connectivity index (χ1) is 7.09. The van der Waals surface area contributed by atoms with Crippen molar-refractivity contribution in [3.63, 3.8) is 0 Å². The van der Waals surface area contributed by atoms with Crippen molar-refractivity contribution in [1.29, 1.82) is 0 Å². The van der Waals surface area contributed by atoms with Crippen LogP contribution in [0.2, 0.25) is 0 Å². The number of anilines is 1. The van der Waals surface area contributed by atoms with Gasteiger partial charge in [-0.2, -0.15) is 0 Å². The molecule has 1 aliphatic carbocycles. The zero-order chi connectivity index (χ0) is 10.9. The highest BCUT2D eigenvalue weighted by Gasteiger charge is 2.34. The van der Waals surface area contributed by atoms with E-state index in [1.165, 1.54) is 6.20 Å². The standard InChI is InChI=1S/C8H11N3O3S/c12-8(2-1-3-8)5-10-7-9-4-6(15-7)11(13)14/h4,12H,1-3,5H2,(H,9,10). The number of nitrogens with one attached hydrogen (secondary N) is 1. The Balaban J connectivity index is 1.90. The van der Waals surface area contributed by atoms with E-state index in [0.717, 1.165) is 30.6 Å². The Morgan fingerprint density at radius 1 is 1.73 bits per heavy atom. The zero-order valence-corrected chi connectivity index (χ0v) is 8.79. The molecule has 0 aliphatic heterocycles. The predicted octanol–water partition coefficient (Wildman–Crippen LogP) is 1.38. The maximum atomic E-state index is 10.4. The number of rotatable bonds is 4. The van der Waals surface area contributed by atoms with Gasteiger partial charge in [-0.1, -0.05) is 0 Å². The van der Waals surface area contributed by atoms with Gasteiger partial charge in [0, 0.05) is 6.54 Å². The molecule has 1 aromatic heterocycles. The Morgan fingerprint density at radius 3 is 2.93 bits per heavy atom. The van der Waals surface area contributed by atoms with Crippen LogP contribution in [0.1, 0.15) is 19.3 Å². The third-order valence-electron chi connectivity index (χ3n) is 2.53. The summed E-state index contributed by atoms with van der Waals surface area (Å²) in [6, 6.07) is 0. The van der Waals surface area contributed by atoms with Gasteiger partial charge in [0.25, 0.3) is 0 Å². The molecular formula is C8H11N3O3S. The molecule has 0 atom stereocenters. The van der Waals surface area contributed by atoms with Crippen molar-refractivity contribution in [3.8, 4) is 0 Å². The molecule has 82 valence electrons. The van der Waals surface area contributed by atoms with Crippen LogP contribution >= 0.6 is 11.3 Å². The first-order valence-corrected chi connectivity index (χ1v) is 5.47. The van der Waals surface area contributed by atoms with Crippen molar-refractivity contribution in [2.45, 2.75) is 24.9 Å². The van der Waals surface area contributed by atoms with Crippen LogP contribution < -0.4 is 5.32 Å². The molecule has 1 aliphatic rings. The fourth-order valence-corrected chi connectivity index (χ4v) is 2.06. The number of nitro groups is 1. The van der Waals surface area contributed by atoms with Crippen LogP contribution in [0, 0.1) is 10.1 Å². The van der Waals surface area contributed by atoms with Crippen molar-refractivity contribution in [2.75, 3.05) is 11.9 Å². The third-order valence-corrected chi connectivity index (χ3v) is 3.43. The molecule has 0 radical (unpaired) electrons. The molecule has 1 fully saturated rings. The lowest BCUT2D eigenvalue weighted by molar-refractivity contribution is -0.380. The van der Waals surface area contributed by atoms with E-state index >= 15 is 0 Å². The minimum Gasteiger partial charge on any atom is -0.388 e. The van der Waals surface area contributed by atoms with Crippen LogP contribution in [0.3, 0.4) is 0 Å². The molecule has 2 rings (SSSR count). The second-order valence-electron chi connectivity index (χ2n) is 3.69. The fraction of sp³-hybridized carbons (Fsp3) is 0.625. The van der Waals surface area contributed by atoms with Gasteiger partial charge in [0.15, 0.2) is 5.13 Å². The quantitative estimate of drug-likeness (QED) is 0.601. The van der Waals surface area contributed by atoms with Crippen molar-refractivity contribution >= 4 is 21.5 Å². The maximum Gasteiger partial charge on any atom is 0.345 e. The Hall–Kier alpha value is -1.21. The average molecular weight is 229 g/mol. The molecule has 1 heterocycles. The largest absolute Gasteiger partial charge is 0.388 e. The summed E-state index contributed by atoms with van der Waals surface area (Å²) in [5.74, 6) is 0. The Kier molecular flexibility index (Phi) is 2.57. The normalized spacial score (nSPS) is 18.2. The van der Waals surface area contributed by atoms with Gasteiger partial charge in [0.05, 0.1) is 10.5 Å². The minimum atomic E-state index is -0.638. The number of hydrogen-bond acceptors (Lipinski definition) is 6. The SMILES string of the molecule is O=[N+]([O-])c1cnc(NCC2(O)CCC2)s1. The van der Waals surface area contributed by atoms with Crippen LogP contribution in [0.25, 0.3) is 0 Å². The van der Waals surface area contributed by atoms with Gasteiger partial charge in [-0.05, 0) is 30.6 Å². The van der Waals surface area contributed by atoms with Crippen molar-refractivity contribution < 1.29 is 10.0 Å². The van der Waals surface area contributed by atoms with E-state index in [9.17, 15) is 15.2 Å². The van der Waals surface area contributed by atoms with Gasteiger partial charge >= 0.3 is 5.00 Å². The Bertz CT molecular complexity index is 375. The van der Waals surface area contributed by atoms with Crippen LogP contribution in [0.15, 0.2) is 6.20 Å². The second-order valence-corrected chi connectivity index (χ2v) is 4.70. The highest BCUT2D eigenvalue weighted by Crippen LogP contribution is 2.32. The van der Waals surface area contributed by atoms with Crippen LogP contribution in [0.5, 0.6) is 0 Å². The fourth-order valence-electron chi connectivity index (χ4n) is 1.43. The van der Waals surface area contributed by atoms with Gasteiger partial charge in [-0.25, -0.2) is 4.98 Å². The third kappa shape index (κ3) is 2.24. The Morgan fingerprint density at radius 2 is 2.47 bits per heavy atom. The Labute approximate surface area is 90.1 Å². The van der Waals surface area contributed by atoms with Gasteiger partial charge in [-0.15, -0.1) is 0 Å². The molecule has 15 heavy (non-hydrogen) atoms. The van der Waals surface area contributed by atoms with E-state index in [2.05, 4.69) is 10.3 Å². The molecule has 2 N–H and O–H groups in total. The van der Waals surface area contributed by atoms with Gasteiger partial charge < -0.3 is 10.4 Å². The van der Waals surface area contributed by atoms with E-state index in [4.69, 9.17) is 0 Å². The summed E-state index contributed by atoms with van der Waals surface area (Å²) in [5.41, 5.74) is -0.638. The van der Waals surface area contributed by atoms with Crippen molar-refractivity contribution in [1.82, 2.24) is 4.98 Å². The van der Waals surface area contributed by atoms with Crippen LogP contribution in [-0.2, 0) is 0 Å². The lowest BCUT2D eigenvalue weighted by Crippen LogP contribution is -2.43. The molecule has 6 nitrogen and oxygen atoms in total. The summed E-state index contributed by atoms with van der Waals surface area (Å²) < 4.78 is 0. The molecule has 0 spiro atoms. The number of thiazole rings is 1. The number of aromatic nitrogens is 1. The average Bonchev–Trinajstić information content (AvgIpc) is 2.60. The minimum absolute atomic E-state index is 0.0121. The first kappa shape index (κ1) is 10.3. The predicted molar refractivity (Wildman–Crippen MR) is 56.1 cm³/mol. The molecule has 0 amide bonds. The summed E-state index contributed by atoms with van der Waals surface area (Å²) in [6.45, 7) is 0.414. The molecule has 0 unspecified atom stereocenters. The highest BCUT2D eigenvalue weighted by molar-refractivity contribution is 7.18. The number of nitrogens with zero attached hydrogens (tertiary/aromatic N) is 2.